The van der Waals surface area contributed by atoms with Crippen LogP contribution in [0.15, 0.2) is 60.7 Å². The van der Waals surface area contributed by atoms with Gasteiger partial charge in [0.05, 0.1) is 0 Å². The molecule has 0 aliphatic rings. The Balaban J connectivity index is 1.47. The van der Waals surface area contributed by atoms with E-state index in [1.807, 2.05) is 0 Å². The van der Waals surface area contributed by atoms with E-state index in [0.717, 1.165) is 69.7 Å². The molecule has 170 valence electrons. The minimum absolute atomic E-state index is 0.0734. The molecule has 0 aliphatic carbocycles. The number of nitrogens with zero attached hydrogens (tertiary/aromatic N) is 2. The maximum Gasteiger partial charge on any atom is 0.142 e. The number of likely N-dealkylation sites (N-methyl/N-ethyl adjacent to an activating group) is 2. The van der Waals surface area contributed by atoms with Gasteiger partial charge in [0.1, 0.15) is 10.9 Å². The average molecular weight is 459 g/mol. The first kappa shape index (κ1) is 26.0. The molecule has 2 aromatic rings. The van der Waals surface area contributed by atoms with Crippen LogP contribution in [0.25, 0.3) is 0 Å². The summed E-state index contributed by atoms with van der Waals surface area (Å²) in [7, 11) is 4.38. The summed E-state index contributed by atoms with van der Waals surface area (Å²) in [5.41, 5.74) is 2.79. The van der Waals surface area contributed by atoms with Gasteiger partial charge in [0, 0.05) is 13.1 Å². The molecule has 0 N–H and O–H groups in total. The highest BCUT2D eigenvalue weighted by atomic mass is 32.2. The Labute approximate surface area is 198 Å². The zero-order valence-electron chi connectivity index (χ0n) is 19.1. The average Bonchev–Trinajstić information content (AvgIpc) is 2.81. The molecular weight excluding hydrogens is 420 g/mol. The number of hydrogen-bond acceptors (Lipinski definition) is 5. The molecule has 0 fully saturated rings. The van der Waals surface area contributed by atoms with Gasteiger partial charge in [-0.1, -0.05) is 60.7 Å². The third-order valence-electron chi connectivity index (χ3n) is 5.29. The van der Waals surface area contributed by atoms with E-state index in [0.29, 0.717) is 0 Å². The van der Waals surface area contributed by atoms with Crippen LogP contribution >= 0.6 is 23.5 Å². The molecule has 2 aromatic carbocycles. The van der Waals surface area contributed by atoms with E-state index >= 15 is 0 Å². The van der Waals surface area contributed by atoms with Crippen LogP contribution in [0.2, 0.25) is 0 Å². The van der Waals surface area contributed by atoms with Gasteiger partial charge >= 0.3 is 0 Å². The highest BCUT2D eigenvalue weighted by Crippen LogP contribution is 2.23. The van der Waals surface area contributed by atoms with Crippen LogP contribution < -0.4 is 0 Å². The highest BCUT2D eigenvalue weighted by Gasteiger charge is 2.09. The van der Waals surface area contributed by atoms with E-state index in [-0.39, 0.29) is 4.58 Å². The minimum Gasteiger partial charge on any atom is -0.306 e. The van der Waals surface area contributed by atoms with Crippen molar-refractivity contribution in [3.8, 4) is 0 Å². The summed E-state index contributed by atoms with van der Waals surface area (Å²) in [6, 6.07) is 21.3. The van der Waals surface area contributed by atoms with Crippen molar-refractivity contribution >= 4 is 29.8 Å². The summed E-state index contributed by atoms with van der Waals surface area (Å²) in [6.07, 6.45) is 5.56. The molecule has 2 rings (SSSR count). The summed E-state index contributed by atoms with van der Waals surface area (Å²) in [5, 5.41) is 0. The second-order valence-electron chi connectivity index (χ2n) is 8.03. The predicted molar refractivity (Wildman–Crippen MR) is 139 cm³/mol. The van der Waals surface area contributed by atoms with Gasteiger partial charge in [-0.3, -0.25) is 0 Å². The Hall–Kier alpha value is -1.27. The van der Waals surface area contributed by atoms with Gasteiger partial charge in [-0.15, -0.1) is 23.5 Å². The van der Waals surface area contributed by atoms with Crippen LogP contribution in [0.4, 0.5) is 0 Å². The van der Waals surface area contributed by atoms with Crippen molar-refractivity contribution in [1.29, 1.82) is 0 Å². The molecule has 0 radical (unpaired) electrons. The largest absolute Gasteiger partial charge is 0.306 e. The molecule has 0 saturated heterocycles. The van der Waals surface area contributed by atoms with Crippen LogP contribution in [0.5, 0.6) is 0 Å². The lowest BCUT2D eigenvalue weighted by Gasteiger charge is -2.18. The first-order chi connectivity index (χ1) is 15.2. The number of benzene rings is 2. The summed E-state index contributed by atoms with van der Waals surface area (Å²) in [5.74, 6) is 2.09. The fraction of sp³-hybridized carbons (Fsp3) is 0.500. The summed E-state index contributed by atoms with van der Waals surface area (Å²) >= 11 is 3.60. The van der Waals surface area contributed by atoms with Gasteiger partial charge < -0.3 is 14.6 Å². The normalized spacial score (nSPS) is 11.5. The fourth-order valence-electron chi connectivity index (χ4n) is 3.35. The fourth-order valence-corrected chi connectivity index (χ4v) is 5.52. The monoisotopic (exact) mass is 458 g/mol. The molecule has 0 unspecified atom stereocenters. The maximum absolute atomic E-state index is 11.4. The van der Waals surface area contributed by atoms with Crippen molar-refractivity contribution in [3.05, 3.63) is 71.8 Å². The Morgan fingerprint density at radius 2 is 1.13 bits per heavy atom. The van der Waals surface area contributed by atoms with Crippen molar-refractivity contribution in [2.24, 2.45) is 0 Å². The van der Waals surface area contributed by atoms with Crippen LogP contribution in [0.1, 0.15) is 24.0 Å². The molecule has 3 nitrogen and oxygen atoms in total. The molecule has 0 saturated carbocycles. The Bertz CT molecular complexity index is 642. The summed E-state index contributed by atoms with van der Waals surface area (Å²) in [6.45, 7) is 4.33. The number of carbonyl (C=O) groups is 1. The lowest BCUT2D eigenvalue weighted by atomic mass is 10.1. The number of thioether (sulfide) groups is 2. The smallest absolute Gasteiger partial charge is 0.142 e. The minimum atomic E-state index is 0.0734. The van der Waals surface area contributed by atoms with E-state index in [2.05, 4.69) is 84.6 Å². The van der Waals surface area contributed by atoms with Gasteiger partial charge in [0.15, 0.2) is 0 Å². The highest BCUT2D eigenvalue weighted by molar-refractivity contribution is 8.17. The quantitative estimate of drug-likeness (QED) is 0.186. The van der Waals surface area contributed by atoms with Gasteiger partial charge in [-0.05, 0) is 75.5 Å². The van der Waals surface area contributed by atoms with Crippen LogP contribution in [-0.2, 0) is 17.6 Å². The maximum atomic E-state index is 11.4. The third-order valence-corrected chi connectivity index (χ3v) is 8.04. The van der Waals surface area contributed by atoms with Gasteiger partial charge in [0.2, 0.25) is 0 Å². The van der Waals surface area contributed by atoms with Gasteiger partial charge in [-0.2, -0.15) is 0 Å². The Kier molecular flexibility index (Phi) is 13.7. The van der Waals surface area contributed by atoms with Crippen LogP contribution in [0.3, 0.4) is 0 Å². The standard InChI is InChI=1S/C26H38N2OS2/c1-27(19-15-24-11-5-3-6-12-24)17-9-21-30-26(23-29)31-22-10-18-28(2)20-16-25-13-7-4-8-14-25/h3-8,11-14,23,26H,9-10,15-22H2,1-2H3. The SMILES string of the molecule is CN(CCCSC(C=O)SCCCN(C)CCc1ccccc1)CCc1ccccc1. The number of carbonyl (C=O) groups excluding carboxylic acids is 1. The molecule has 0 atom stereocenters. The number of aldehydes is 1. The number of rotatable bonds is 17. The predicted octanol–water partition coefficient (Wildman–Crippen LogP) is 5.11. The lowest BCUT2D eigenvalue weighted by molar-refractivity contribution is -0.106. The number of hydrogen-bond donors (Lipinski definition) is 0. The van der Waals surface area contributed by atoms with Crippen molar-refractivity contribution < 1.29 is 4.79 Å². The van der Waals surface area contributed by atoms with E-state index in [1.54, 1.807) is 23.5 Å². The zero-order chi connectivity index (χ0) is 22.2. The van der Waals surface area contributed by atoms with E-state index in [1.165, 1.54) is 11.1 Å². The summed E-state index contributed by atoms with van der Waals surface area (Å²) < 4.78 is 0.0734. The lowest BCUT2D eigenvalue weighted by Crippen LogP contribution is -2.23. The van der Waals surface area contributed by atoms with E-state index in [4.69, 9.17) is 0 Å². The molecule has 0 spiro atoms. The first-order valence-electron chi connectivity index (χ1n) is 11.3. The molecular formula is C26H38N2OS2. The third kappa shape index (κ3) is 12.4. The van der Waals surface area contributed by atoms with E-state index < -0.39 is 0 Å². The molecule has 0 aliphatic heterocycles. The first-order valence-corrected chi connectivity index (χ1v) is 13.4. The van der Waals surface area contributed by atoms with Crippen molar-refractivity contribution in [2.75, 3.05) is 51.8 Å². The van der Waals surface area contributed by atoms with E-state index in [9.17, 15) is 4.79 Å². The summed E-state index contributed by atoms with van der Waals surface area (Å²) in [4.78, 5) is 16.2. The second kappa shape index (κ2) is 16.4. The molecule has 31 heavy (non-hydrogen) atoms. The van der Waals surface area contributed by atoms with Crippen molar-refractivity contribution in [2.45, 2.75) is 30.3 Å². The van der Waals surface area contributed by atoms with Crippen molar-refractivity contribution in [3.63, 3.8) is 0 Å². The Morgan fingerprint density at radius 1 is 0.710 bits per heavy atom. The molecule has 0 bridgehead atoms. The van der Waals surface area contributed by atoms with Gasteiger partial charge in [-0.25, -0.2) is 0 Å². The molecule has 5 heteroatoms. The molecule has 0 amide bonds. The van der Waals surface area contributed by atoms with Crippen molar-refractivity contribution in [1.82, 2.24) is 9.80 Å². The van der Waals surface area contributed by atoms with Gasteiger partial charge in [0.25, 0.3) is 0 Å². The Morgan fingerprint density at radius 3 is 1.52 bits per heavy atom. The van der Waals surface area contributed by atoms with Crippen LogP contribution in [0, 0.1) is 0 Å². The topological polar surface area (TPSA) is 23.6 Å². The second-order valence-corrected chi connectivity index (χ2v) is 10.8. The molecule has 0 heterocycles. The van der Waals surface area contributed by atoms with Crippen LogP contribution in [-0.4, -0.2) is 72.4 Å². The zero-order valence-corrected chi connectivity index (χ0v) is 20.8. The molecule has 0 aromatic heterocycles.